The zero-order valence-corrected chi connectivity index (χ0v) is 16.5. The average Bonchev–Trinajstić information content (AvgIpc) is 3.15. The Bertz CT molecular complexity index is 730. The van der Waals surface area contributed by atoms with Crippen LogP contribution in [0.15, 0.2) is 23.5 Å². The minimum atomic E-state index is -1.06. The van der Waals surface area contributed by atoms with Gasteiger partial charge in [0.1, 0.15) is 5.60 Å². The van der Waals surface area contributed by atoms with Gasteiger partial charge in [0.15, 0.2) is 5.96 Å². The summed E-state index contributed by atoms with van der Waals surface area (Å²) in [5, 5.41) is 25.7. The van der Waals surface area contributed by atoms with Gasteiger partial charge in [-0.3, -0.25) is 9.36 Å². The molecule has 8 heteroatoms. The molecule has 1 unspecified atom stereocenters. The molecule has 0 aliphatic carbocycles. The number of aromatic nitrogens is 4. The standard InChI is InChI=1S/C18H31N7O/c1-6-19-17(20-8-7-9-25-15(3)10-14(2)23-25)21-13-18(4,26)16-11-22-24(5)12-16/h10-12,26H,6-9,13H2,1-5H3,(H2,19,20,21). The fourth-order valence-corrected chi connectivity index (χ4v) is 2.70. The van der Waals surface area contributed by atoms with E-state index < -0.39 is 5.60 Å². The Morgan fingerprint density at radius 3 is 2.69 bits per heavy atom. The number of aliphatic hydroxyl groups is 1. The first-order valence-electron chi connectivity index (χ1n) is 9.06. The van der Waals surface area contributed by atoms with Crippen LogP contribution in [0.1, 0.15) is 37.2 Å². The average molecular weight is 361 g/mol. The van der Waals surface area contributed by atoms with Crippen LogP contribution in [-0.2, 0) is 19.2 Å². The molecule has 0 saturated heterocycles. The lowest BCUT2D eigenvalue weighted by atomic mass is 10.0. The van der Waals surface area contributed by atoms with Crippen molar-refractivity contribution in [2.24, 2.45) is 12.0 Å². The normalized spacial score (nSPS) is 14.3. The number of rotatable bonds is 8. The van der Waals surface area contributed by atoms with E-state index in [0.717, 1.165) is 37.3 Å². The minimum absolute atomic E-state index is 0.255. The van der Waals surface area contributed by atoms with E-state index in [9.17, 15) is 5.11 Å². The first-order valence-corrected chi connectivity index (χ1v) is 9.06. The first kappa shape index (κ1) is 20.0. The van der Waals surface area contributed by atoms with E-state index in [1.807, 2.05) is 31.8 Å². The number of hydrogen-bond acceptors (Lipinski definition) is 4. The van der Waals surface area contributed by atoms with E-state index in [1.165, 1.54) is 5.69 Å². The van der Waals surface area contributed by atoms with Gasteiger partial charge in [-0.2, -0.15) is 10.2 Å². The first-order chi connectivity index (χ1) is 12.3. The predicted molar refractivity (Wildman–Crippen MR) is 103 cm³/mol. The lowest BCUT2D eigenvalue weighted by Crippen LogP contribution is -2.39. The Labute approximate surface area is 155 Å². The molecule has 0 fully saturated rings. The van der Waals surface area contributed by atoms with E-state index in [1.54, 1.807) is 17.8 Å². The van der Waals surface area contributed by atoms with Gasteiger partial charge in [-0.05, 0) is 40.2 Å². The molecule has 0 spiro atoms. The van der Waals surface area contributed by atoms with E-state index in [4.69, 9.17) is 0 Å². The summed E-state index contributed by atoms with van der Waals surface area (Å²) in [5.41, 5.74) is 1.92. The van der Waals surface area contributed by atoms with Crippen molar-refractivity contribution < 1.29 is 5.11 Å². The monoisotopic (exact) mass is 361 g/mol. The zero-order chi connectivity index (χ0) is 19.2. The number of guanidine groups is 1. The third-order valence-electron chi connectivity index (χ3n) is 4.16. The van der Waals surface area contributed by atoms with Crippen LogP contribution in [0.4, 0.5) is 0 Å². The van der Waals surface area contributed by atoms with Gasteiger partial charge in [0, 0.05) is 44.1 Å². The molecule has 2 heterocycles. The Morgan fingerprint density at radius 2 is 2.12 bits per heavy atom. The highest BCUT2D eigenvalue weighted by Crippen LogP contribution is 2.19. The molecule has 0 aromatic carbocycles. The number of aliphatic imine (C=N–C) groups is 1. The zero-order valence-electron chi connectivity index (χ0n) is 16.5. The van der Waals surface area contributed by atoms with Gasteiger partial charge < -0.3 is 15.7 Å². The maximum absolute atomic E-state index is 10.6. The summed E-state index contributed by atoms with van der Waals surface area (Å²) in [5.74, 6) is 0.699. The van der Waals surface area contributed by atoms with Crippen LogP contribution < -0.4 is 10.6 Å². The van der Waals surface area contributed by atoms with Crippen LogP contribution in [0.3, 0.4) is 0 Å². The van der Waals surface area contributed by atoms with Crippen molar-refractivity contribution in [3.05, 3.63) is 35.4 Å². The van der Waals surface area contributed by atoms with E-state index in [-0.39, 0.29) is 6.54 Å². The van der Waals surface area contributed by atoms with Gasteiger partial charge in [-0.15, -0.1) is 0 Å². The minimum Gasteiger partial charge on any atom is -0.383 e. The summed E-state index contributed by atoms with van der Waals surface area (Å²) in [6, 6.07) is 2.08. The summed E-state index contributed by atoms with van der Waals surface area (Å²) in [4.78, 5) is 4.52. The highest BCUT2D eigenvalue weighted by atomic mass is 16.3. The molecule has 0 amide bonds. The molecule has 0 aliphatic rings. The Morgan fingerprint density at radius 1 is 1.35 bits per heavy atom. The van der Waals surface area contributed by atoms with Gasteiger partial charge in [-0.25, -0.2) is 4.99 Å². The summed E-state index contributed by atoms with van der Waals surface area (Å²) >= 11 is 0. The SMILES string of the molecule is CCNC(=NCC(C)(O)c1cnn(C)c1)NCCCn1nc(C)cc1C. The summed E-state index contributed by atoms with van der Waals surface area (Å²) in [6.07, 6.45) is 4.42. The van der Waals surface area contributed by atoms with Gasteiger partial charge in [0.25, 0.3) is 0 Å². The fourth-order valence-electron chi connectivity index (χ4n) is 2.70. The van der Waals surface area contributed by atoms with Crippen LogP contribution in [0.2, 0.25) is 0 Å². The van der Waals surface area contributed by atoms with Crippen LogP contribution in [-0.4, -0.2) is 50.3 Å². The number of nitrogens with one attached hydrogen (secondary N) is 2. The van der Waals surface area contributed by atoms with Crippen molar-refractivity contribution in [1.82, 2.24) is 30.2 Å². The number of hydrogen-bond donors (Lipinski definition) is 3. The Balaban J connectivity index is 1.86. The molecule has 1 atom stereocenters. The van der Waals surface area contributed by atoms with Crippen molar-refractivity contribution in [2.45, 2.75) is 46.3 Å². The highest BCUT2D eigenvalue weighted by molar-refractivity contribution is 5.79. The van der Waals surface area contributed by atoms with Crippen molar-refractivity contribution in [3.63, 3.8) is 0 Å². The van der Waals surface area contributed by atoms with Gasteiger partial charge in [0.2, 0.25) is 0 Å². The van der Waals surface area contributed by atoms with Crippen molar-refractivity contribution >= 4 is 5.96 Å². The second kappa shape index (κ2) is 8.84. The quantitative estimate of drug-likeness (QED) is 0.372. The summed E-state index contributed by atoms with van der Waals surface area (Å²) < 4.78 is 3.70. The number of aryl methyl sites for hydroxylation is 4. The summed E-state index contributed by atoms with van der Waals surface area (Å²) in [6.45, 7) is 10.5. The molecule has 26 heavy (non-hydrogen) atoms. The summed E-state index contributed by atoms with van der Waals surface area (Å²) in [7, 11) is 1.83. The maximum atomic E-state index is 10.6. The van der Waals surface area contributed by atoms with Crippen LogP contribution in [0, 0.1) is 13.8 Å². The van der Waals surface area contributed by atoms with Crippen LogP contribution in [0.25, 0.3) is 0 Å². The largest absolute Gasteiger partial charge is 0.383 e. The highest BCUT2D eigenvalue weighted by Gasteiger charge is 2.24. The molecule has 0 radical (unpaired) electrons. The van der Waals surface area contributed by atoms with Crippen molar-refractivity contribution in [3.8, 4) is 0 Å². The lowest BCUT2D eigenvalue weighted by molar-refractivity contribution is 0.0672. The molecular weight excluding hydrogens is 330 g/mol. The fraction of sp³-hybridized carbons (Fsp3) is 0.611. The molecule has 0 aliphatic heterocycles. The Kier molecular flexibility index (Phi) is 6.79. The van der Waals surface area contributed by atoms with Crippen LogP contribution >= 0.6 is 0 Å². The second-order valence-corrected chi connectivity index (χ2v) is 6.80. The molecule has 2 aromatic heterocycles. The predicted octanol–water partition coefficient (Wildman–Crippen LogP) is 1.09. The molecule has 3 N–H and O–H groups in total. The molecule has 8 nitrogen and oxygen atoms in total. The number of nitrogens with zero attached hydrogens (tertiary/aromatic N) is 5. The van der Waals surface area contributed by atoms with Gasteiger partial charge in [0.05, 0.1) is 18.4 Å². The van der Waals surface area contributed by atoms with Gasteiger partial charge in [-0.1, -0.05) is 0 Å². The molecular formula is C18H31N7O. The van der Waals surface area contributed by atoms with Crippen molar-refractivity contribution in [2.75, 3.05) is 19.6 Å². The van der Waals surface area contributed by atoms with Crippen LogP contribution in [0.5, 0.6) is 0 Å². The molecule has 2 rings (SSSR count). The van der Waals surface area contributed by atoms with E-state index in [2.05, 4.69) is 38.8 Å². The Hall–Kier alpha value is -2.35. The van der Waals surface area contributed by atoms with E-state index in [0.29, 0.717) is 5.96 Å². The molecule has 0 saturated carbocycles. The van der Waals surface area contributed by atoms with Crippen molar-refractivity contribution in [1.29, 1.82) is 0 Å². The third kappa shape index (κ3) is 5.59. The third-order valence-corrected chi connectivity index (χ3v) is 4.16. The second-order valence-electron chi connectivity index (χ2n) is 6.80. The lowest BCUT2D eigenvalue weighted by Gasteiger charge is -2.20. The topological polar surface area (TPSA) is 92.3 Å². The smallest absolute Gasteiger partial charge is 0.191 e. The van der Waals surface area contributed by atoms with Gasteiger partial charge >= 0.3 is 0 Å². The molecule has 0 bridgehead atoms. The molecule has 144 valence electrons. The van der Waals surface area contributed by atoms with E-state index >= 15 is 0 Å². The maximum Gasteiger partial charge on any atom is 0.191 e. The molecule has 2 aromatic rings.